The average molecular weight is 214 g/mol. The van der Waals surface area contributed by atoms with Crippen LogP contribution in [0.4, 0.5) is 4.79 Å². The van der Waals surface area contributed by atoms with E-state index in [9.17, 15) is 9.59 Å². The van der Waals surface area contributed by atoms with E-state index in [1.54, 1.807) is 0 Å². The third kappa shape index (κ3) is 3.49. The van der Waals surface area contributed by atoms with Gasteiger partial charge in [-0.15, -0.1) is 0 Å². The van der Waals surface area contributed by atoms with Crippen molar-refractivity contribution in [2.45, 2.75) is 13.0 Å². The highest BCUT2D eigenvalue weighted by molar-refractivity contribution is 5.96. The molecule has 0 aliphatic carbocycles. The minimum Gasteiger partial charge on any atom is -0.341 e. The van der Waals surface area contributed by atoms with E-state index >= 15 is 0 Å². The van der Waals surface area contributed by atoms with E-state index in [0.717, 1.165) is 26.2 Å². The quantitative estimate of drug-likeness (QED) is 0.536. The zero-order chi connectivity index (χ0) is 11.3. The molecule has 1 saturated heterocycles. The Bertz CT molecular complexity index is 238. The summed E-state index contributed by atoms with van der Waals surface area (Å²) in [7, 11) is 1.48. The molecule has 3 amide bonds. The van der Waals surface area contributed by atoms with Crippen molar-refractivity contribution in [2.75, 3.05) is 33.2 Å². The van der Waals surface area contributed by atoms with Gasteiger partial charge in [0.1, 0.15) is 0 Å². The Kier molecular flexibility index (Phi) is 4.51. The van der Waals surface area contributed by atoms with Crippen molar-refractivity contribution >= 4 is 11.9 Å². The third-order valence-corrected chi connectivity index (χ3v) is 2.54. The highest BCUT2D eigenvalue weighted by Crippen LogP contribution is 2.00. The number of piperazine rings is 1. The number of nitrogens with zero attached hydrogens (tertiary/aromatic N) is 1. The fraction of sp³-hybridized carbons (Fsp3) is 0.778. The monoisotopic (exact) mass is 214 g/mol. The largest absolute Gasteiger partial charge is 0.341 e. The molecular weight excluding hydrogens is 196 g/mol. The van der Waals surface area contributed by atoms with E-state index < -0.39 is 6.03 Å². The van der Waals surface area contributed by atoms with E-state index in [4.69, 9.17) is 0 Å². The van der Waals surface area contributed by atoms with E-state index in [2.05, 4.69) is 20.9 Å². The Morgan fingerprint density at radius 3 is 2.47 bits per heavy atom. The average Bonchev–Trinajstić information content (AvgIpc) is 2.29. The van der Waals surface area contributed by atoms with Crippen LogP contribution in [0, 0.1) is 0 Å². The summed E-state index contributed by atoms with van der Waals surface area (Å²) >= 11 is 0. The van der Waals surface area contributed by atoms with Crippen molar-refractivity contribution in [3.63, 3.8) is 0 Å². The summed E-state index contributed by atoms with van der Waals surface area (Å²) in [5.41, 5.74) is 0. The van der Waals surface area contributed by atoms with Gasteiger partial charge in [-0.25, -0.2) is 4.79 Å². The fourth-order valence-electron chi connectivity index (χ4n) is 1.51. The summed E-state index contributed by atoms with van der Waals surface area (Å²) < 4.78 is 0. The van der Waals surface area contributed by atoms with Gasteiger partial charge in [0.15, 0.2) is 0 Å². The Labute approximate surface area is 89.4 Å². The third-order valence-electron chi connectivity index (χ3n) is 2.54. The Balaban J connectivity index is 2.40. The highest BCUT2D eigenvalue weighted by atomic mass is 16.2. The van der Waals surface area contributed by atoms with Crippen LogP contribution in [0.2, 0.25) is 0 Å². The van der Waals surface area contributed by atoms with Crippen molar-refractivity contribution in [1.82, 2.24) is 20.9 Å². The minimum absolute atomic E-state index is 0.253. The highest BCUT2D eigenvalue weighted by Gasteiger charge is 2.23. The minimum atomic E-state index is -0.456. The number of hydrogen-bond donors (Lipinski definition) is 3. The zero-order valence-electron chi connectivity index (χ0n) is 9.17. The van der Waals surface area contributed by atoms with Crippen molar-refractivity contribution in [1.29, 1.82) is 0 Å². The van der Waals surface area contributed by atoms with Crippen LogP contribution in [0.25, 0.3) is 0 Å². The van der Waals surface area contributed by atoms with Crippen LogP contribution >= 0.6 is 0 Å². The van der Waals surface area contributed by atoms with Crippen LogP contribution in [-0.2, 0) is 4.79 Å². The summed E-state index contributed by atoms with van der Waals surface area (Å²) in [5, 5.41) is 7.84. The molecule has 1 heterocycles. The molecular formula is C9H18N4O2. The predicted molar refractivity (Wildman–Crippen MR) is 56.5 cm³/mol. The molecule has 1 rings (SSSR count). The topological polar surface area (TPSA) is 73.5 Å². The van der Waals surface area contributed by atoms with Gasteiger partial charge >= 0.3 is 6.03 Å². The maximum atomic E-state index is 11.6. The molecule has 3 N–H and O–H groups in total. The first-order valence-electron chi connectivity index (χ1n) is 5.12. The molecule has 1 fully saturated rings. The normalized spacial score (nSPS) is 19.3. The standard InChI is InChI=1S/C9H18N4O2/c1-7(8(14)12-9(15)10-2)13-5-3-11-4-6-13/h7,11H,3-6H2,1-2H3,(H2,10,12,14,15). The Hall–Kier alpha value is -1.14. The summed E-state index contributed by atoms with van der Waals surface area (Å²) in [6.45, 7) is 5.25. The van der Waals surface area contributed by atoms with Gasteiger partial charge in [0.05, 0.1) is 6.04 Å². The number of rotatable bonds is 2. The first-order valence-corrected chi connectivity index (χ1v) is 5.12. The van der Waals surface area contributed by atoms with E-state index in [-0.39, 0.29) is 11.9 Å². The maximum absolute atomic E-state index is 11.6. The molecule has 0 bridgehead atoms. The molecule has 1 unspecified atom stereocenters. The molecule has 6 nitrogen and oxygen atoms in total. The SMILES string of the molecule is CNC(=O)NC(=O)C(C)N1CCNCC1. The lowest BCUT2D eigenvalue weighted by Crippen LogP contribution is -2.54. The summed E-state index contributed by atoms with van der Waals surface area (Å²) in [4.78, 5) is 24.6. The molecule has 1 aliphatic heterocycles. The van der Waals surface area contributed by atoms with Crippen molar-refractivity contribution < 1.29 is 9.59 Å². The lowest BCUT2D eigenvalue weighted by atomic mass is 10.2. The molecule has 0 radical (unpaired) electrons. The maximum Gasteiger partial charge on any atom is 0.321 e. The number of amides is 3. The fourth-order valence-corrected chi connectivity index (χ4v) is 1.51. The molecule has 0 aromatic rings. The van der Waals surface area contributed by atoms with E-state index in [1.807, 2.05) is 6.92 Å². The summed E-state index contributed by atoms with van der Waals surface area (Å²) in [5.74, 6) is -0.253. The van der Waals surface area contributed by atoms with Gasteiger partial charge in [-0.1, -0.05) is 0 Å². The van der Waals surface area contributed by atoms with Gasteiger partial charge in [-0.05, 0) is 6.92 Å². The first kappa shape index (κ1) is 11.9. The number of imide groups is 1. The van der Waals surface area contributed by atoms with E-state index in [1.165, 1.54) is 7.05 Å². The van der Waals surface area contributed by atoms with Gasteiger partial charge in [0.25, 0.3) is 0 Å². The Morgan fingerprint density at radius 1 is 1.33 bits per heavy atom. The number of carbonyl (C=O) groups excluding carboxylic acids is 2. The van der Waals surface area contributed by atoms with Gasteiger partial charge in [0.2, 0.25) is 5.91 Å². The van der Waals surface area contributed by atoms with Crippen LogP contribution in [0.1, 0.15) is 6.92 Å². The van der Waals surface area contributed by atoms with E-state index in [0.29, 0.717) is 0 Å². The molecule has 0 saturated carbocycles. The number of nitrogens with one attached hydrogen (secondary N) is 3. The van der Waals surface area contributed by atoms with Gasteiger partial charge in [0, 0.05) is 33.2 Å². The second-order valence-corrected chi connectivity index (χ2v) is 3.53. The first-order chi connectivity index (χ1) is 7.15. The smallest absolute Gasteiger partial charge is 0.321 e. The second-order valence-electron chi connectivity index (χ2n) is 3.53. The van der Waals surface area contributed by atoms with Gasteiger partial charge in [-0.2, -0.15) is 0 Å². The zero-order valence-corrected chi connectivity index (χ0v) is 9.17. The van der Waals surface area contributed by atoms with Crippen LogP contribution in [0.5, 0.6) is 0 Å². The second kappa shape index (κ2) is 5.67. The number of hydrogen-bond acceptors (Lipinski definition) is 4. The van der Waals surface area contributed by atoms with Crippen LogP contribution in [0.15, 0.2) is 0 Å². The molecule has 86 valence electrons. The lowest BCUT2D eigenvalue weighted by Gasteiger charge is -2.31. The molecule has 1 aliphatic rings. The van der Waals surface area contributed by atoms with Crippen molar-refractivity contribution in [3.8, 4) is 0 Å². The predicted octanol–water partition coefficient (Wildman–Crippen LogP) is -1.26. The number of carbonyl (C=O) groups is 2. The van der Waals surface area contributed by atoms with Gasteiger partial charge < -0.3 is 10.6 Å². The van der Waals surface area contributed by atoms with Crippen molar-refractivity contribution in [3.05, 3.63) is 0 Å². The van der Waals surface area contributed by atoms with Crippen LogP contribution in [-0.4, -0.2) is 56.1 Å². The molecule has 0 aromatic carbocycles. The number of urea groups is 1. The molecule has 6 heteroatoms. The van der Waals surface area contributed by atoms with Gasteiger partial charge in [-0.3, -0.25) is 15.0 Å². The summed E-state index contributed by atoms with van der Waals surface area (Å²) in [6.07, 6.45) is 0. The molecule has 1 atom stereocenters. The van der Waals surface area contributed by atoms with Crippen LogP contribution in [0.3, 0.4) is 0 Å². The molecule has 15 heavy (non-hydrogen) atoms. The molecule has 0 aromatic heterocycles. The lowest BCUT2D eigenvalue weighted by molar-refractivity contribution is -0.124. The van der Waals surface area contributed by atoms with Crippen LogP contribution < -0.4 is 16.0 Å². The molecule has 0 spiro atoms. The Morgan fingerprint density at radius 2 is 1.93 bits per heavy atom. The summed E-state index contributed by atoms with van der Waals surface area (Å²) in [6, 6.07) is -0.716. The van der Waals surface area contributed by atoms with Crippen molar-refractivity contribution in [2.24, 2.45) is 0 Å².